The van der Waals surface area contributed by atoms with Crippen LogP contribution < -0.4 is 0 Å². The lowest BCUT2D eigenvalue weighted by Gasteiger charge is -2.26. The molecule has 0 bridgehead atoms. The third kappa shape index (κ3) is 4.58. The van der Waals surface area contributed by atoms with Crippen molar-refractivity contribution in [2.24, 2.45) is 0 Å². The van der Waals surface area contributed by atoms with Gasteiger partial charge in [0.2, 0.25) is 0 Å². The number of benzene rings is 5. The Morgan fingerprint density at radius 1 is 0.500 bits per heavy atom. The second kappa shape index (κ2) is 9.81. The Bertz CT molecular complexity index is 2130. The predicted octanol–water partition coefficient (Wildman–Crippen LogP) is 12.7. The van der Waals surface area contributed by atoms with E-state index in [9.17, 15) is 0 Å². The molecule has 0 saturated heterocycles. The van der Waals surface area contributed by atoms with Gasteiger partial charge in [0.15, 0.2) is 0 Å². The van der Waals surface area contributed by atoms with Gasteiger partial charge in [0.1, 0.15) is 0 Å². The van der Waals surface area contributed by atoms with Crippen molar-refractivity contribution in [2.45, 2.75) is 78.6 Å². The minimum absolute atomic E-state index is 0.0726. The molecule has 222 valence electrons. The summed E-state index contributed by atoms with van der Waals surface area (Å²) in [7, 11) is 0. The van der Waals surface area contributed by atoms with Crippen molar-refractivity contribution >= 4 is 53.3 Å². The summed E-state index contributed by atoms with van der Waals surface area (Å²) in [6, 6.07) is 36.7. The average Bonchev–Trinajstić information content (AvgIpc) is 3.50. The van der Waals surface area contributed by atoms with Crippen molar-refractivity contribution < 1.29 is 0 Å². The van der Waals surface area contributed by atoms with Crippen LogP contribution in [0.2, 0.25) is 0 Å². The minimum atomic E-state index is -0.0910. The highest BCUT2D eigenvalue weighted by molar-refractivity contribution is 7.26. The van der Waals surface area contributed by atoms with Crippen LogP contribution in [0.1, 0.15) is 79.0 Å². The SMILES string of the molecule is CC(C)(C)c1ccc2c(c1)c1cc(C(C)(C)C)ccc1n2-c1ccc2sc3cccc(-c4ccccc4)c3c2c1C(C)(C)C. The molecule has 0 radical (unpaired) electrons. The zero-order valence-corrected chi connectivity index (χ0v) is 28.4. The number of thiophene rings is 1. The Labute approximate surface area is 266 Å². The molecule has 0 saturated carbocycles. The predicted molar refractivity (Wildman–Crippen MR) is 195 cm³/mol. The molecule has 0 atom stereocenters. The Balaban J connectivity index is 1.65. The molecule has 0 spiro atoms. The highest BCUT2D eigenvalue weighted by Crippen LogP contribution is 2.48. The lowest BCUT2D eigenvalue weighted by molar-refractivity contribution is 0.590. The average molecular weight is 594 g/mol. The van der Waals surface area contributed by atoms with Gasteiger partial charge < -0.3 is 4.57 Å². The number of aromatic nitrogens is 1. The molecule has 7 rings (SSSR count). The molecule has 5 aromatic carbocycles. The highest BCUT2D eigenvalue weighted by atomic mass is 32.1. The standard InChI is InChI=1S/C42H43NS/c1-40(2,3)27-18-20-32-30(24-27)31-25-28(41(4,5)6)19-21-33(31)43(32)34-22-23-36-38(39(34)42(7,8)9)37-29(16-13-17-35(37)44-36)26-14-11-10-12-15-26/h10-25H,1-9H3. The molecule has 2 heteroatoms. The molecule has 2 aromatic heterocycles. The smallest absolute Gasteiger partial charge is 0.0541 e. The fraction of sp³-hybridized carbons (Fsp3) is 0.286. The van der Waals surface area contributed by atoms with Crippen LogP contribution in [-0.4, -0.2) is 4.57 Å². The van der Waals surface area contributed by atoms with Gasteiger partial charge >= 0.3 is 0 Å². The first-order chi connectivity index (χ1) is 20.7. The van der Waals surface area contributed by atoms with Crippen LogP contribution in [0.5, 0.6) is 0 Å². The molecule has 2 heterocycles. The lowest BCUT2D eigenvalue weighted by Crippen LogP contribution is -2.16. The first-order valence-corrected chi connectivity index (χ1v) is 16.7. The summed E-state index contributed by atoms with van der Waals surface area (Å²) in [5.41, 5.74) is 10.6. The van der Waals surface area contributed by atoms with Gasteiger partial charge in [-0.25, -0.2) is 0 Å². The normalized spacial score (nSPS) is 13.1. The second-order valence-electron chi connectivity index (χ2n) is 15.5. The Hall–Kier alpha value is -3.88. The maximum Gasteiger partial charge on any atom is 0.0541 e. The Kier molecular flexibility index (Phi) is 6.44. The molecular weight excluding hydrogens is 551 g/mol. The number of nitrogens with zero attached hydrogens (tertiary/aromatic N) is 1. The monoisotopic (exact) mass is 593 g/mol. The number of fused-ring (bicyclic) bond motifs is 6. The quantitative estimate of drug-likeness (QED) is 0.188. The van der Waals surface area contributed by atoms with Gasteiger partial charge in [-0.1, -0.05) is 117 Å². The Morgan fingerprint density at radius 3 is 1.61 bits per heavy atom. The molecule has 0 fully saturated rings. The van der Waals surface area contributed by atoms with Crippen molar-refractivity contribution in [2.75, 3.05) is 0 Å². The molecule has 0 aliphatic heterocycles. The molecule has 0 amide bonds. The first kappa shape index (κ1) is 28.9. The van der Waals surface area contributed by atoms with E-state index in [1.54, 1.807) is 0 Å². The molecule has 0 unspecified atom stereocenters. The van der Waals surface area contributed by atoms with Crippen molar-refractivity contribution in [3.8, 4) is 16.8 Å². The van der Waals surface area contributed by atoms with E-state index >= 15 is 0 Å². The van der Waals surface area contributed by atoms with E-state index in [0.29, 0.717) is 0 Å². The summed E-state index contributed by atoms with van der Waals surface area (Å²) in [6.45, 7) is 21.0. The van der Waals surface area contributed by atoms with Crippen molar-refractivity contribution in [1.29, 1.82) is 0 Å². The van der Waals surface area contributed by atoms with E-state index in [1.165, 1.54) is 75.5 Å². The summed E-state index contributed by atoms with van der Waals surface area (Å²) in [5.74, 6) is 0. The van der Waals surface area contributed by atoms with Crippen LogP contribution in [0.25, 0.3) is 58.8 Å². The van der Waals surface area contributed by atoms with Gasteiger partial charge in [-0.15, -0.1) is 11.3 Å². The Morgan fingerprint density at radius 2 is 1.07 bits per heavy atom. The topological polar surface area (TPSA) is 4.93 Å². The largest absolute Gasteiger partial charge is 0.309 e. The van der Waals surface area contributed by atoms with E-state index in [0.717, 1.165) is 0 Å². The van der Waals surface area contributed by atoms with Crippen LogP contribution in [0.15, 0.2) is 97.1 Å². The van der Waals surface area contributed by atoms with Gasteiger partial charge in [-0.2, -0.15) is 0 Å². The fourth-order valence-corrected chi connectivity index (χ4v) is 8.06. The first-order valence-electron chi connectivity index (χ1n) is 15.9. The minimum Gasteiger partial charge on any atom is -0.309 e. The van der Waals surface area contributed by atoms with Gasteiger partial charge in [0.25, 0.3) is 0 Å². The van der Waals surface area contributed by atoms with Crippen LogP contribution in [0, 0.1) is 0 Å². The van der Waals surface area contributed by atoms with Crippen LogP contribution >= 0.6 is 11.3 Å². The molecule has 44 heavy (non-hydrogen) atoms. The molecule has 0 aliphatic carbocycles. The fourth-order valence-electron chi connectivity index (χ4n) is 6.92. The summed E-state index contributed by atoms with van der Waals surface area (Å²) in [5, 5.41) is 5.43. The van der Waals surface area contributed by atoms with E-state index < -0.39 is 0 Å². The van der Waals surface area contributed by atoms with Gasteiger partial charge in [-0.05, 0) is 86.5 Å². The maximum absolute atomic E-state index is 2.55. The summed E-state index contributed by atoms with van der Waals surface area (Å²) >= 11 is 1.91. The molecule has 0 aliphatic rings. The van der Waals surface area contributed by atoms with Crippen LogP contribution in [0.4, 0.5) is 0 Å². The van der Waals surface area contributed by atoms with Crippen molar-refractivity contribution in [3.05, 3.63) is 114 Å². The third-order valence-corrected chi connectivity index (χ3v) is 10.3. The van der Waals surface area contributed by atoms with Crippen molar-refractivity contribution in [1.82, 2.24) is 4.57 Å². The van der Waals surface area contributed by atoms with Gasteiger partial charge in [0.05, 0.1) is 16.7 Å². The molecular formula is C42H43NS. The lowest BCUT2D eigenvalue weighted by atomic mass is 9.82. The zero-order valence-electron chi connectivity index (χ0n) is 27.6. The van der Waals surface area contributed by atoms with E-state index in [2.05, 4.69) is 164 Å². The number of hydrogen-bond donors (Lipinski definition) is 0. The van der Waals surface area contributed by atoms with Gasteiger partial charge in [-0.3, -0.25) is 0 Å². The second-order valence-corrected chi connectivity index (χ2v) is 16.6. The summed E-state index contributed by atoms with van der Waals surface area (Å²) in [6.07, 6.45) is 0. The number of rotatable bonds is 2. The van der Waals surface area contributed by atoms with Crippen LogP contribution in [-0.2, 0) is 16.2 Å². The van der Waals surface area contributed by atoms with Gasteiger partial charge in [0, 0.05) is 30.9 Å². The van der Waals surface area contributed by atoms with E-state index in [1.807, 2.05) is 11.3 Å². The van der Waals surface area contributed by atoms with E-state index in [-0.39, 0.29) is 16.2 Å². The molecule has 1 nitrogen and oxygen atoms in total. The zero-order chi connectivity index (χ0) is 31.2. The van der Waals surface area contributed by atoms with E-state index in [4.69, 9.17) is 0 Å². The van der Waals surface area contributed by atoms with Crippen LogP contribution in [0.3, 0.4) is 0 Å². The summed E-state index contributed by atoms with van der Waals surface area (Å²) < 4.78 is 5.25. The van der Waals surface area contributed by atoms with Crippen molar-refractivity contribution in [3.63, 3.8) is 0 Å². The third-order valence-electron chi connectivity index (χ3n) is 9.21. The molecule has 7 aromatic rings. The number of hydrogen-bond acceptors (Lipinski definition) is 1. The maximum atomic E-state index is 2.55. The molecule has 0 N–H and O–H groups in total. The highest BCUT2D eigenvalue weighted by Gasteiger charge is 2.28. The summed E-state index contributed by atoms with van der Waals surface area (Å²) in [4.78, 5) is 0.